The molecule has 0 spiro atoms. The van der Waals surface area contributed by atoms with E-state index in [1.165, 1.54) is 19.3 Å². The Kier molecular flexibility index (Phi) is 10.3. The lowest BCUT2D eigenvalue weighted by molar-refractivity contribution is 0.0920. The lowest BCUT2D eigenvalue weighted by Gasteiger charge is -2.20. The van der Waals surface area contributed by atoms with Crippen molar-refractivity contribution < 1.29 is 9.84 Å². The monoisotopic (exact) mass is 217 g/mol. The zero-order valence-electron chi connectivity index (χ0n) is 10.5. The van der Waals surface area contributed by atoms with Crippen molar-refractivity contribution in [3.05, 3.63) is 0 Å². The third kappa shape index (κ3) is 8.85. The first kappa shape index (κ1) is 14.9. The maximum absolute atomic E-state index is 8.53. The van der Waals surface area contributed by atoms with Crippen LogP contribution in [-0.2, 0) is 4.74 Å². The van der Waals surface area contributed by atoms with E-state index < -0.39 is 0 Å². The number of aliphatic hydroxyl groups is 1. The molecule has 0 rings (SSSR count). The van der Waals surface area contributed by atoms with Crippen LogP contribution in [0.5, 0.6) is 0 Å². The van der Waals surface area contributed by atoms with Crippen molar-refractivity contribution in [2.24, 2.45) is 5.92 Å². The molecule has 0 aromatic rings. The molecule has 0 heterocycles. The number of hydrogen-bond donors (Lipinski definition) is 2. The van der Waals surface area contributed by atoms with E-state index in [4.69, 9.17) is 9.84 Å². The summed E-state index contributed by atoms with van der Waals surface area (Å²) in [6.45, 7) is 8.89. The first-order valence-corrected chi connectivity index (χ1v) is 6.16. The fourth-order valence-electron chi connectivity index (χ4n) is 1.55. The highest BCUT2D eigenvalue weighted by molar-refractivity contribution is 4.67. The Hall–Kier alpha value is -0.120. The van der Waals surface area contributed by atoms with Crippen molar-refractivity contribution in [3.8, 4) is 0 Å². The molecule has 0 aliphatic rings. The van der Waals surface area contributed by atoms with Gasteiger partial charge in [0.2, 0.25) is 0 Å². The molecule has 2 N–H and O–H groups in total. The number of rotatable bonds is 10. The van der Waals surface area contributed by atoms with Crippen LogP contribution in [0.15, 0.2) is 0 Å². The third-order valence-corrected chi connectivity index (χ3v) is 2.79. The van der Waals surface area contributed by atoms with E-state index in [0.29, 0.717) is 19.3 Å². The summed E-state index contributed by atoms with van der Waals surface area (Å²) >= 11 is 0. The fraction of sp³-hybridized carbons (Fsp3) is 1.00. The van der Waals surface area contributed by atoms with Gasteiger partial charge in [0.25, 0.3) is 0 Å². The summed E-state index contributed by atoms with van der Waals surface area (Å²) in [5.41, 5.74) is 0. The number of ether oxygens (including phenoxy) is 1. The van der Waals surface area contributed by atoms with Gasteiger partial charge < -0.3 is 15.2 Å². The second-order valence-electron chi connectivity index (χ2n) is 4.14. The van der Waals surface area contributed by atoms with E-state index in [0.717, 1.165) is 12.5 Å². The van der Waals surface area contributed by atoms with Crippen molar-refractivity contribution in [2.75, 3.05) is 26.4 Å². The van der Waals surface area contributed by atoms with Crippen molar-refractivity contribution in [1.82, 2.24) is 5.32 Å². The number of nitrogens with one attached hydrogen (secondary N) is 1. The second kappa shape index (κ2) is 10.4. The van der Waals surface area contributed by atoms with Gasteiger partial charge in [-0.15, -0.1) is 0 Å². The summed E-state index contributed by atoms with van der Waals surface area (Å²) in [6.07, 6.45) is 3.66. The molecular formula is C12H27NO2. The van der Waals surface area contributed by atoms with Crippen LogP contribution in [0.25, 0.3) is 0 Å². The van der Waals surface area contributed by atoms with Crippen LogP contribution < -0.4 is 5.32 Å². The maximum Gasteiger partial charge on any atom is 0.0698 e. The van der Waals surface area contributed by atoms with Crippen LogP contribution in [0.4, 0.5) is 0 Å². The zero-order valence-corrected chi connectivity index (χ0v) is 10.5. The van der Waals surface area contributed by atoms with Gasteiger partial charge in [-0.05, 0) is 18.8 Å². The van der Waals surface area contributed by atoms with Crippen LogP contribution in [0, 0.1) is 5.92 Å². The third-order valence-electron chi connectivity index (χ3n) is 2.79. The molecule has 3 nitrogen and oxygen atoms in total. The number of aliphatic hydroxyl groups excluding tert-OH is 1. The fourth-order valence-corrected chi connectivity index (χ4v) is 1.55. The highest BCUT2D eigenvalue weighted by atomic mass is 16.5. The van der Waals surface area contributed by atoms with Crippen molar-refractivity contribution in [3.63, 3.8) is 0 Å². The summed E-state index contributed by atoms with van der Waals surface area (Å²) in [6, 6.07) is 0.609. The van der Waals surface area contributed by atoms with Gasteiger partial charge in [-0.25, -0.2) is 0 Å². The Morgan fingerprint density at radius 1 is 1.20 bits per heavy atom. The summed E-state index contributed by atoms with van der Waals surface area (Å²) in [7, 11) is 0. The first-order valence-electron chi connectivity index (χ1n) is 6.16. The SMILES string of the molecule is CCC(C)CC(CC)NCCOCCO. The Morgan fingerprint density at radius 3 is 2.47 bits per heavy atom. The highest BCUT2D eigenvalue weighted by Crippen LogP contribution is 2.11. The minimum absolute atomic E-state index is 0.115. The molecular weight excluding hydrogens is 190 g/mol. The quantitative estimate of drug-likeness (QED) is 0.548. The molecule has 0 amide bonds. The van der Waals surface area contributed by atoms with Gasteiger partial charge in [-0.1, -0.05) is 27.2 Å². The molecule has 15 heavy (non-hydrogen) atoms. The number of hydrogen-bond acceptors (Lipinski definition) is 3. The molecule has 0 aliphatic heterocycles. The molecule has 2 atom stereocenters. The van der Waals surface area contributed by atoms with E-state index >= 15 is 0 Å². The molecule has 2 unspecified atom stereocenters. The summed E-state index contributed by atoms with van der Waals surface area (Å²) in [4.78, 5) is 0. The maximum atomic E-state index is 8.53. The first-order chi connectivity index (χ1) is 7.24. The Morgan fingerprint density at radius 2 is 1.93 bits per heavy atom. The van der Waals surface area contributed by atoms with Gasteiger partial charge in [0.15, 0.2) is 0 Å². The molecule has 0 saturated carbocycles. The molecule has 3 heteroatoms. The molecule has 0 radical (unpaired) electrons. The highest BCUT2D eigenvalue weighted by Gasteiger charge is 2.08. The van der Waals surface area contributed by atoms with Crippen LogP contribution >= 0.6 is 0 Å². The van der Waals surface area contributed by atoms with E-state index in [2.05, 4.69) is 26.1 Å². The van der Waals surface area contributed by atoms with E-state index in [-0.39, 0.29) is 6.61 Å². The average molecular weight is 217 g/mol. The Labute approximate surface area is 94.2 Å². The average Bonchev–Trinajstić information content (AvgIpc) is 2.26. The van der Waals surface area contributed by atoms with Gasteiger partial charge in [-0.2, -0.15) is 0 Å². The smallest absolute Gasteiger partial charge is 0.0698 e. The molecule has 0 aromatic heterocycles. The van der Waals surface area contributed by atoms with Gasteiger partial charge >= 0.3 is 0 Å². The Balaban J connectivity index is 3.44. The minimum Gasteiger partial charge on any atom is -0.394 e. The van der Waals surface area contributed by atoms with Crippen molar-refractivity contribution in [2.45, 2.75) is 46.1 Å². The topological polar surface area (TPSA) is 41.5 Å². The van der Waals surface area contributed by atoms with Crippen molar-refractivity contribution in [1.29, 1.82) is 0 Å². The summed E-state index contributed by atoms with van der Waals surface area (Å²) in [5.74, 6) is 0.792. The van der Waals surface area contributed by atoms with Crippen molar-refractivity contribution >= 4 is 0 Å². The molecule has 0 saturated heterocycles. The Bertz CT molecular complexity index is 131. The van der Waals surface area contributed by atoms with Gasteiger partial charge in [0.1, 0.15) is 0 Å². The van der Waals surface area contributed by atoms with Crippen LogP contribution in [0.2, 0.25) is 0 Å². The van der Waals surface area contributed by atoms with Crippen LogP contribution in [-0.4, -0.2) is 37.5 Å². The largest absolute Gasteiger partial charge is 0.394 e. The van der Waals surface area contributed by atoms with E-state index in [1.54, 1.807) is 0 Å². The summed E-state index contributed by atoms with van der Waals surface area (Å²) < 4.78 is 5.20. The summed E-state index contributed by atoms with van der Waals surface area (Å²) in [5, 5.41) is 12.0. The van der Waals surface area contributed by atoms with E-state index in [1.807, 2.05) is 0 Å². The molecule has 92 valence electrons. The lowest BCUT2D eigenvalue weighted by Crippen LogP contribution is -2.33. The molecule has 0 aromatic carbocycles. The zero-order chi connectivity index (χ0) is 11.5. The van der Waals surface area contributed by atoms with Crippen LogP contribution in [0.3, 0.4) is 0 Å². The second-order valence-corrected chi connectivity index (χ2v) is 4.14. The molecule has 0 fully saturated rings. The van der Waals surface area contributed by atoms with Gasteiger partial charge in [0, 0.05) is 12.6 Å². The predicted octanol–water partition coefficient (Wildman–Crippen LogP) is 1.80. The van der Waals surface area contributed by atoms with Gasteiger partial charge in [-0.3, -0.25) is 0 Å². The van der Waals surface area contributed by atoms with Gasteiger partial charge in [0.05, 0.1) is 19.8 Å². The minimum atomic E-state index is 0.115. The molecule has 0 aliphatic carbocycles. The predicted molar refractivity (Wildman–Crippen MR) is 64.1 cm³/mol. The normalized spacial score (nSPS) is 15.2. The molecule has 0 bridgehead atoms. The van der Waals surface area contributed by atoms with E-state index in [9.17, 15) is 0 Å². The van der Waals surface area contributed by atoms with Crippen LogP contribution in [0.1, 0.15) is 40.0 Å². The standard InChI is InChI=1S/C12H27NO2/c1-4-11(3)10-12(5-2)13-6-8-15-9-7-14/h11-14H,4-10H2,1-3H3. The lowest BCUT2D eigenvalue weighted by atomic mass is 9.98.